The Morgan fingerprint density at radius 1 is 0.926 bits per heavy atom. The average molecular weight is 365 g/mol. The van der Waals surface area contributed by atoms with Gasteiger partial charge in [0.2, 0.25) is 0 Å². The van der Waals surface area contributed by atoms with Crippen molar-refractivity contribution < 1.29 is 4.39 Å². The van der Waals surface area contributed by atoms with E-state index >= 15 is 0 Å². The van der Waals surface area contributed by atoms with Gasteiger partial charge >= 0.3 is 0 Å². The Labute approximate surface area is 164 Å². The van der Waals surface area contributed by atoms with Gasteiger partial charge in [-0.3, -0.25) is 0 Å². The molecule has 0 unspecified atom stereocenters. The highest BCUT2D eigenvalue weighted by molar-refractivity contribution is 5.64. The molecule has 0 aliphatic heterocycles. The van der Waals surface area contributed by atoms with Crippen molar-refractivity contribution in [3.8, 4) is 11.1 Å². The van der Waals surface area contributed by atoms with Gasteiger partial charge in [-0.15, -0.1) is 6.58 Å². The number of hydrogen-bond acceptors (Lipinski definition) is 0. The van der Waals surface area contributed by atoms with E-state index in [2.05, 4.69) is 37.8 Å². The second kappa shape index (κ2) is 9.88. The lowest BCUT2D eigenvalue weighted by Gasteiger charge is -2.27. The van der Waals surface area contributed by atoms with Crippen LogP contribution in [0, 0.1) is 17.7 Å². The molecule has 0 radical (unpaired) electrons. The van der Waals surface area contributed by atoms with Gasteiger partial charge in [0.25, 0.3) is 0 Å². The average Bonchev–Trinajstić information content (AvgIpc) is 2.71. The molecular weight excluding hydrogens is 331 g/mol. The van der Waals surface area contributed by atoms with Gasteiger partial charge in [-0.2, -0.15) is 0 Å². The van der Waals surface area contributed by atoms with E-state index in [9.17, 15) is 4.39 Å². The molecule has 1 heteroatoms. The van der Waals surface area contributed by atoms with E-state index in [4.69, 9.17) is 0 Å². The third-order valence-corrected chi connectivity index (χ3v) is 6.32. The smallest absolute Gasteiger partial charge is 0.131 e. The molecule has 0 heterocycles. The molecule has 0 amide bonds. The normalized spacial score (nSPS) is 19.8. The molecule has 0 nitrogen and oxygen atoms in total. The van der Waals surface area contributed by atoms with Crippen molar-refractivity contribution in [2.45, 2.75) is 64.7 Å². The summed E-state index contributed by atoms with van der Waals surface area (Å²) in [6, 6.07) is 14.1. The number of hydrogen-bond donors (Lipinski definition) is 0. The standard InChI is InChI=1S/C26H33F/c1-3-5-6-23-15-18-25(26(27)19-23)24-16-13-22(14-17-24)12-11-21-9-7-20(4-2)8-10-21/h3,13-21H,1,4-12H2,2H3. The lowest BCUT2D eigenvalue weighted by Crippen LogP contribution is -2.14. The highest BCUT2D eigenvalue weighted by Crippen LogP contribution is 2.33. The van der Waals surface area contributed by atoms with Crippen molar-refractivity contribution in [3.05, 3.63) is 72.1 Å². The maximum atomic E-state index is 14.5. The predicted octanol–water partition coefficient (Wildman–Crippen LogP) is 7.76. The number of allylic oxidation sites excluding steroid dienone is 1. The monoisotopic (exact) mass is 364 g/mol. The first-order valence-electron chi connectivity index (χ1n) is 10.7. The van der Waals surface area contributed by atoms with Crippen molar-refractivity contribution in [3.63, 3.8) is 0 Å². The van der Waals surface area contributed by atoms with Gasteiger partial charge in [-0.05, 0) is 60.3 Å². The Morgan fingerprint density at radius 3 is 2.22 bits per heavy atom. The molecule has 0 atom stereocenters. The molecule has 2 aromatic rings. The van der Waals surface area contributed by atoms with Crippen LogP contribution in [0.5, 0.6) is 0 Å². The molecule has 0 N–H and O–H groups in total. The highest BCUT2D eigenvalue weighted by Gasteiger charge is 2.19. The molecular formula is C26H33F. The summed E-state index contributed by atoms with van der Waals surface area (Å²) >= 11 is 0. The van der Waals surface area contributed by atoms with Gasteiger partial charge in [0.05, 0.1) is 0 Å². The van der Waals surface area contributed by atoms with Crippen LogP contribution in [0.4, 0.5) is 4.39 Å². The predicted molar refractivity (Wildman–Crippen MR) is 114 cm³/mol. The summed E-state index contributed by atoms with van der Waals surface area (Å²) in [5, 5.41) is 0. The first-order valence-corrected chi connectivity index (χ1v) is 10.7. The number of halogens is 1. The minimum Gasteiger partial charge on any atom is -0.206 e. The van der Waals surface area contributed by atoms with Crippen LogP contribution in [-0.4, -0.2) is 0 Å². The first kappa shape index (κ1) is 19.9. The SMILES string of the molecule is C=CCCc1ccc(-c2ccc(CCC3CCC(CC)CC3)cc2)c(F)c1. The van der Waals surface area contributed by atoms with Crippen LogP contribution in [0.1, 0.15) is 63.0 Å². The van der Waals surface area contributed by atoms with Crippen LogP contribution in [0.2, 0.25) is 0 Å². The van der Waals surface area contributed by atoms with E-state index in [1.807, 2.05) is 18.2 Å². The molecule has 0 spiro atoms. The summed E-state index contributed by atoms with van der Waals surface area (Å²) in [6.07, 6.45) is 13.0. The van der Waals surface area contributed by atoms with E-state index in [1.165, 1.54) is 44.1 Å². The largest absolute Gasteiger partial charge is 0.206 e. The minimum atomic E-state index is -0.128. The molecule has 1 fully saturated rings. The molecule has 2 aromatic carbocycles. The van der Waals surface area contributed by atoms with Crippen molar-refractivity contribution in [2.24, 2.45) is 11.8 Å². The quantitative estimate of drug-likeness (QED) is 0.420. The molecule has 0 saturated heterocycles. The number of benzene rings is 2. The lowest BCUT2D eigenvalue weighted by molar-refractivity contribution is 0.259. The number of aryl methyl sites for hydroxylation is 2. The van der Waals surface area contributed by atoms with Crippen LogP contribution in [0.15, 0.2) is 55.1 Å². The summed E-state index contributed by atoms with van der Waals surface area (Å²) < 4.78 is 14.5. The fourth-order valence-corrected chi connectivity index (χ4v) is 4.37. The molecule has 144 valence electrons. The second-order valence-electron chi connectivity index (χ2n) is 8.17. The van der Waals surface area contributed by atoms with Gasteiger partial charge in [0, 0.05) is 5.56 Å². The van der Waals surface area contributed by atoms with E-state index in [0.717, 1.165) is 42.2 Å². The van der Waals surface area contributed by atoms with Gasteiger partial charge in [-0.25, -0.2) is 4.39 Å². The van der Waals surface area contributed by atoms with Crippen molar-refractivity contribution in [2.75, 3.05) is 0 Å². The van der Waals surface area contributed by atoms with E-state index in [-0.39, 0.29) is 5.82 Å². The summed E-state index contributed by atoms with van der Waals surface area (Å²) in [5.74, 6) is 1.74. The fourth-order valence-electron chi connectivity index (χ4n) is 4.37. The fraction of sp³-hybridized carbons (Fsp3) is 0.462. The summed E-state index contributed by atoms with van der Waals surface area (Å²) in [4.78, 5) is 0. The van der Waals surface area contributed by atoms with Gasteiger partial charge in [-0.1, -0.05) is 81.5 Å². The second-order valence-corrected chi connectivity index (χ2v) is 8.17. The van der Waals surface area contributed by atoms with Crippen LogP contribution < -0.4 is 0 Å². The van der Waals surface area contributed by atoms with E-state index in [0.29, 0.717) is 5.56 Å². The Balaban J connectivity index is 1.56. The van der Waals surface area contributed by atoms with Crippen molar-refractivity contribution >= 4 is 0 Å². The third kappa shape index (κ3) is 5.54. The van der Waals surface area contributed by atoms with Crippen LogP contribution in [-0.2, 0) is 12.8 Å². The first-order chi connectivity index (χ1) is 13.2. The van der Waals surface area contributed by atoms with E-state index < -0.39 is 0 Å². The Hall–Kier alpha value is -1.89. The molecule has 27 heavy (non-hydrogen) atoms. The highest BCUT2D eigenvalue weighted by atomic mass is 19.1. The molecule has 0 bridgehead atoms. The van der Waals surface area contributed by atoms with Gasteiger partial charge < -0.3 is 0 Å². The molecule has 1 aliphatic carbocycles. The van der Waals surface area contributed by atoms with E-state index in [1.54, 1.807) is 6.07 Å². The van der Waals surface area contributed by atoms with Crippen LogP contribution in [0.3, 0.4) is 0 Å². The van der Waals surface area contributed by atoms with Crippen molar-refractivity contribution in [1.82, 2.24) is 0 Å². The Morgan fingerprint density at radius 2 is 1.59 bits per heavy atom. The minimum absolute atomic E-state index is 0.128. The van der Waals surface area contributed by atoms with Crippen molar-refractivity contribution in [1.29, 1.82) is 0 Å². The van der Waals surface area contributed by atoms with Gasteiger partial charge in [0.15, 0.2) is 0 Å². The molecule has 1 saturated carbocycles. The van der Waals surface area contributed by atoms with Crippen LogP contribution in [0.25, 0.3) is 11.1 Å². The number of rotatable bonds is 8. The topological polar surface area (TPSA) is 0 Å². The lowest BCUT2D eigenvalue weighted by atomic mass is 9.78. The zero-order valence-electron chi connectivity index (χ0n) is 16.7. The van der Waals surface area contributed by atoms with Crippen LogP contribution >= 0.6 is 0 Å². The molecule has 1 aliphatic rings. The Kier molecular flexibility index (Phi) is 7.26. The molecule has 0 aromatic heterocycles. The summed E-state index contributed by atoms with van der Waals surface area (Å²) in [6.45, 7) is 6.05. The Bertz CT molecular complexity index is 720. The summed E-state index contributed by atoms with van der Waals surface area (Å²) in [7, 11) is 0. The van der Waals surface area contributed by atoms with Gasteiger partial charge in [0.1, 0.15) is 5.82 Å². The third-order valence-electron chi connectivity index (χ3n) is 6.32. The summed E-state index contributed by atoms with van der Waals surface area (Å²) in [5.41, 5.74) is 4.07. The maximum Gasteiger partial charge on any atom is 0.131 e. The molecule has 3 rings (SSSR count). The zero-order valence-corrected chi connectivity index (χ0v) is 16.7. The zero-order chi connectivity index (χ0) is 19.1. The maximum absolute atomic E-state index is 14.5.